The molecule has 1 aliphatic heterocycles. The zero-order valence-electron chi connectivity index (χ0n) is 17.2. The number of rotatable bonds is 3. The highest BCUT2D eigenvalue weighted by Gasteiger charge is 2.44. The maximum absolute atomic E-state index is 13.3. The molecule has 0 saturated carbocycles. The Balaban J connectivity index is 1.96. The first-order valence-electron chi connectivity index (χ1n) is 9.84. The summed E-state index contributed by atoms with van der Waals surface area (Å²) in [5.41, 5.74) is 8.99. The Bertz CT molecular complexity index is 1170. The van der Waals surface area contributed by atoms with E-state index < -0.39 is 10.8 Å². The minimum atomic E-state index is -0.591. The summed E-state index contributed by atoms with van der Waals surface area (Å²) in [7, 11) is 0. The van der Waals surface area contributed by atoms with Crippen LogP contribution >= 0.6 is 0 Å². The van der Waals surface area contributed by atoms with Crippen LogP contribution in [0.1, 0.15) is 38.2 Å². The molecule has 0 spiro atoms. The van der Waals surface area contributed by atoms with Crippen LogP contribution < -0.4 is 10.6 Å². The number of Topliss-reactive ketones (excluding diaryl/α,β-unsaturated/α-hetero) is 1. The molecular weight excluding hydrogens is 394 g/mol. The minimum Gasteiger partial charge on any atom is -0.384 e. The fourth-order valence-electron chi connectivity index (χ4n) is 4.41. The van der Waals surface area contributed by atoms with Crippen LogP contribution in [0.4, 0.5) is 11.4 Å². The first-order chi connectivity index (χ1) is 14.7. The largest absolute Gasteiger partial charge is 0.384 e. The molecule has 156 valence electrons. The lowest BCUT2D eigenvalue weighted by Gasteiger charge is -2.43. The molecule has 2 aromatic rings. The molecule has 2 aliphatic rings. The Hall–Kier alpha value is -3.99. The van der Waals surface area contributed by atoms with Gasteiger partial charge in [-0.2, -0.15) is 5.26 Å². The number of pyridine rings is 1. The average Bonchev–Trinajstić information content (AvgIpc) is 2.73. The zero-order chi connectivity index (χ0) is 22.3. The van der Waals surface area contributed by atoms with Crippen molar-refractivity contribution in [2.24, 2.45) is 11.1 Å². The third kappa shape index (κ3) is 3.44. The van der Waals surface area contributed by atoms with Crippen LogP contribution in [-0.4, -0.2) is 15.7 Å². The second-order valence-corrected chi connectivity index (χ2v) is 8.54. The Morgan fingerprint density at radius 2 is 1.97 bits per heavy atom. The number of hydrogen-bond donors (Lipinski definition) is 1. The number of nitrogens with two attached hydrogens (primary N) is 1. The summed E-state index contributed by atoms with van der Waals surface area (Å²) in [6.45, 7) is 4.03. The van der Waals surface area contributed by atoms with Crippen LogP contribution in [0.25, 0.3) is 0 Å². The molecule has 2 heterocycles. The zero-order valence-corrected chi connectivity index (χ0v) is 17.2. The molecule has 2 N–H and O–H groups in total. The number of carbonyl (C=O) groups excluding carboxylic acids is 1. The molecular formula is C23H21N5O3. The minimum absolute atomic E-state index is 0.0349. The molecule has 1 aliphatic carbocycles. The van der Waals surface area contributed by atoms with Crippen LogP contribution in [0.5, 0.6) is 0 Å². The van der Waals surface area contributed by atoms with Crippen molar-refractivity contribution in [1.82, 2.24) is 4.98 Å². The molecule has 0 amide bonds. The quantitative estimate of drug-likeness (QED) is 0.594. The van der Waals surface area contributed by atoms with Crippen molar-refractivity contribution in [2.75, 3.05) is 4.90 Å². The number of nitriles is 1. The highest BCUT2D eigenvalue weighted by Crippen LogP contribution is 2.50. The van der Waals surface area contributed by atoms with E-state index in [0.717, 1.165) is 11.3 Å². The van der Waals surface area contributed by atoms with E-state index >= 15 is 0 Å². The van der Waals surface area contributed by atoms with Gasteiger partial charge >= 0.3 is 0 Å². The second kappa shape index (κ2) is 7.36. The fraction of sp³-hybridized carbons (Fsp3) is 0.261. The number of nitro benzene ring substituents is 1. The number of non-ortho nitro benzene ring substituents is 1. The predicted octanol–water partition coefficient (Wildman–Crippen LogP) is 3.93. The van der Waals surface area contributed by atoms with Crippen molar-refractivity contribution in [3.8, 4) is 6.07 Å². The van der Waals surface area contributed by atoms with Crippen molar-refractivity contribution in [3.05, 3.63) is 87.1 Å². The Labute approximate surface area is 179 Å². The van der Waals surface area contributed by atoms with E-state index in [1.807, 2.05) is 19.9 Å². The summed E-state index contributed by atoms with van der Waals surface area (Å²) in [6.07, 6.45) is 4.21. The summed E-state index contributed by atoms with van der Waals surface area (Å²) in [6, 6.07) is 11.7. The number of nitrogens with zero attached hydrogens (tertiary/aromatic N) is 4. The van der Waals surface area contributed by atoms with Gasteiger partial charge in [0.1, 0.15) is 5.82 Å². The van der Waals surface area contributed by atoms with E-state index in [2.05, 4.69) is 11.1 Å². The van der Waals surface area contributed by atoms with Gasteiger partial charge < -0.3 is 5.73 Å². The molecule has 1 aromatic carbocycles. The number of anilines is 1. The molecule has 8 heteroatoms. The van der Waals surface area contributed by atoms with Gasteiger partial charge in [0.15, 0.2) is 5.78 Å². The second-order valence-electron chi connectivity index (χ2n) is 8.54. The van der Waals surface area contributed by atoms with Gasteiger partial charge in [0.2, 0.25) is 0 Å². The van der Waals surface area contributed by atoms with Crippen LogP contribution in [0.2, 0.25) is 0 Å². The SMILES string of the molecule is CC1(C)CC(=O)C2=C(C1)N(c1ccc([N+](=O)[O-])cc1)C(N)=C(C#N)C2c1cccnc1. The maximum atomic E-state index is 13.3. The van der Waals surface area contributed by atoms with Crippen LogP contribution in [-0.2, 0) is 4.79 Å². The summed E-state index contributed by atoms with van der Waals surface area (Å²) in [5, 5.41) is 21.1. The van der Waals surface area contributed by atoms with Crippen LogP contribution in [0.3, 0.4) is 0 Å². The van der Waals surface area contributed by atoms with Crippen molar-refractivity contribution in [2.45, 2.75) is 32.6 Å². The number of hydrogen-bond acceptors (Lipinski definition) is 7. The molecule has 0 fully saturated rings. The van der Waals surface area contributed by atoms with E-state index in [-0.39, 0.29) is 28.3 Å². The number of allylic oxidation sites excluding steroid dienone is 3. The lowest BCUT2D eigenvalue weighted by molar-refractivity contribution is -0.384. The van der Waals surface area contributed by atoms with Crippen molar-refractivity contribution < 1.29 is 9.72 Å². The molecule has 4 rings (SSSR count). The Kier molecular flexibility index (Phi) is 4.82. The average molecular weight is 415 g/mol. The van der Waals surface area contributed by atoms with Gasteiger partial charge in [-0.25, -0.2) is 0 Å². The number of ketones is 1. The van der Waals surface area contributed by atoms with Gasteiger partial charge in [0.05, 0.1) is 22.5 Å². The highest BCUT2D eigenvalue weighted by molar-refractivity contribution is 6.01. The van der Waals surface area contributed by atoms with Gasteiger partial charge in [-0.1, -0.05) is 19.9 Å². The van der Waals surface area contributed by atoms with Crippen LogP contribution in [0, 0.1) is 26.9 Å². The topological polar surface area (TPSA) is 126 Å². The van der Waals surface area contributed by atoms with Gasteiger partial charge in [-0.05, 0) is 35.6 Å². The highest BCUT2D eigenvalue weighted by atomic mass is 16.6. The van der Waals surface area contributed by atoms with E-state index in [1.165, 1.54) is 12.1 Å². The fourth-order valence-corrected chi connectivity index (χ4v) is 4.41. The number of carbonyl (C=O) groups is 1. The first-order valence-corrected chi connectivity index (χ1v) is 9.84. The number of aromatic nitrogens is 1. The summed E-state index contributed by atoms with van der Waals surface area (Å²) in [5.74, 6) is -0.409. The third-order valence-corrected chi connectivity index (χ3v) is 5.72. The lowest BCUT2D eigenvalue weighted by atomic mass is 9.68. The first kappa shape index (κ1) is 20.3. The molecule has 8 nitrogen and oxygen atoms in total. The van der Waals surface area contributed by atoms with E-state index in [1.54, 1.807) is 35.5 Å². The maximum Gasteiger partial charge on any atom is 0.269 e. The molecule has 0 saturated heterocycles. The van der Waals surface area contributed by atoms with E-state index in [4.69, 9.17) is 5.73 Å². The van der Waals surface area contributed by atoms with Gasteiger partial charge in [-0.15, -0.1) is 0 Å². The monoisotopic (exact) mass is 415 g/mol. The molecule has 1 unspecified atom stereocenters. The molecule has 1 atom stereocenters. The van der Waals surface area contributed by atoms with Crippen molar-refractivity contribution >= 4 is 17.2 Å². The Morgan fingerprint density at radius 1 is 1.26 bits per heavy atom. The predicted molar refractivity (Wildman–Crippen MR) is 114 cm³/mol. The Morgan fingerprint density at radius 3 is 2.55 bits per heavy atom. The van der Waals surface area contributed by atoms with Crippen molar-refractivity contribution in [1.29, 1.82) is 5.26 Å². The molecule has 1 aromatic heterocycles. The standard InChI is InChI=1S/C23H21N5O3/c1-23(2)10-18-21(19(29)11-23)20(14-4-3-9-26-13-14)17(12-24)22(25)27(18)15-5-7-16(8-6-15)28(30)31/h3-9,13,20H,10-11,25H2,1-2H3. The molecule has 0 bridgehead atoms. The third-order valence-electron chi connectivity index (χ3n) is 5.72. The van der Waals surface area contributed by atoms with Gasteiger partial charge in [-0.3, -0.25) is 24.8 Å². The lowest BCUT2D eigenvalue weighted by Crippen LogP contribution is -2.42. The molecule has 0 radical (unpaired) electrons. The summed E-state index contributed by atoms with van der Waals surface area (Å²) >= 11 is 0. The van der Waals surface area contributed by atoms with E-state index in [9.17, 15) is 20.2 Å². The van der Waals surface area contributed by atoms with Crippen LogP contribution in [0.15, 0.2) is 71.5 Å². The smallest absolute Gasteiger partial charge is 0.269 e. The van der Waals surface area contributed by atoms with Crippen molar-refractivity contribution in [3.63, 3.8) is 0 Å². The summed E-state index contributed by atoms with van der Waals surface area (Å²) in [4.78, 5) is 29.8. The normalized spacial score (nSPS) is 20.4. The molecule has 31 heavy (non-hydrogen) atoms. The van der Waals surface area contributed by atoms with Gasteiger partial charge in [0.25, 0.3) is 5.69 Å². The van der Waals surface area contributed by atoms with E-state index in [0.29, 0.717) is 24.1 Å². The van der Waals surface area contributed by atoms with Gasteiger partial charge in [0, 0.05) is 47.9 Å². The number of nitro groups is 1. The number of benzene rings is 1. The summed E-state index contributed by atoms with van der Waals surface area (Å²) < 4.78 is 0.